The van der Waals surface area contributed by atoms with Gasteiger partial charge in [-0.15, -0.1) is 0 Å². The lowest BCUT2D eigenvalue weighted by Gasteiger charge is -2.39. The van der Waals surface area contributed by atoms with Gasteiger partial charge in [0.15, 0.2) is 5.78 Å². The Morgan fingerprint density at radius 1 is 1.17 bits per heavy atom. The fraction of sp³-hybridized carbons (Fsp3) is 0.435. The van der Waals surface area contributed by atoms with E-state index in [4.69, 9.17) is 9.47 Å². The van der Waals surface area contributed by atoms with Crippen LogP contribution in [0.5, 0.6) is 5.75 Å². The summed E-state index contributed by atoms with van der Waals surface area (Å²) in [6.45, 7) is 9.32. The second-order valence-corrected chi connectivity index (χ2v) is 8.31. The molecule has 1 aromatic rings. The molecule has 6 heteroatoms. The van der Waals surface area contributed by atoms with E-state index < -0.39 is 17.9 Å². The summed E-state index contributed by atoms with van der Waals surface area (Å²) in [5.74, 6) is -0.903. The molecule has 0 amide bonds. The number of ether oxygens (including phenoxy) is 2. The summed E-state index contributed by atoms with van der Waals surface area (Å²) in [5.41, 5.74) is 3.27. The van der Waals surface area contributed by atoms with Gasteiger partial charge in [0, 0.05) is 36.2 Å². The molecule has 0 unspecified atom stereocenters. The highest BCUT2D eigenvalue weighted by molar-refractivity contribution is 6.04. The fourth-order valence-electron chi connectivity index (χ4n) is 4.14. The average Bonchev–Trinajstić information content (AvgIpc) is 2.59. The molecule has 0 aromatic heterocycles. The first-order chi connectivity index (χ1) is 13.6. The fourth-order valence-corrected chi connectivity index (χ4v) is 4.14. The second-order valence-electron chi connectivity index (χ2n) is 8.31. The van der Waals surface area contributed by atoms with Crippen LogP contribution in [0.4, 0.5) is 0 Å². The first-order valence-electron chi connectivity index (χ1n) is 9.82. The van der Waals surface area contributed by atoms with Gasteiger partial charge in [0.2, 0.25) is 0 Å². The van der Waals surface area contributed by atoms with Crippen LogP contribution in [0, 0.1) is 5.41 Å². The number of Topliss-reactive ketones (excluding diaryl/α,β-unsaturated/α-hetero) is 1. The maximum atomic E-state index is 13.1. The minimum atomic E-state index is -0.514. The third kappa shape index (κ3) is 4.26. The molecule has 3 rings (SSSR count). The molecule has 1 aliphatic carbocycles. The third-order valence-corrected chi connectivity index (χ3v) is 5.21. The number of carbonyl (C=O) groups is 3. The van der Waals surface area contributed by atoms with Crippen molar-refractivity contribution in [2.24, 2.45) is 5.41 Å². The van der Waals surface area contributed by atoms with E-state index in [1.54, 1.807) is 31.2 Å². The van der Waals surface area contributed by atoms with Crippen molar-refractivity contribution in [1.29, 1.82) is 0 Å². The van der Waals surface area contributed by atoms with Gasteiger partial charge in [-0.1, -0.05) is 26.0 Å². The Kier molecular flexibility index (Phi) is 5.64. The minimum Gasteiger partial charge on any atom is -0.463 e. The van der Waals surface area contributed by atoms with E-state index in [2.05, 4.69) is 19.2 Å². The minimum absolute atomic E-state index is 0.0344. The van der Waals surface area contributed by atoms with Crippen molar-refractivity contribution in [1.82, 2.24) is 5.32 Å². The van der Waals surface area contributed by atoms with Gasteiger partial charge in [0.05, 0.1) is 12.2 Å². The van der Waals surface area contributed by atoms with Crippen molar-refractivity contribution >= 4 is 17.7 Å². The second kappa shape index (κ2) is 7.85. The topological polar surface area (TPSA) is 81.7 Å². The van der Waals surface area contributed by atoms with Crippen LogP contribution < -0.4 is 10.1 Å². The molecule has 1 heterocycles. The number of nitrogens with one attached hydrogen (secondary N) is 1. The van der Waals surface area contributed by atoms with E-state index in [1.165, 1.54) is 6.92 Å². The Balaban J connectivity index is 2.11. The van der Waals surface area contributed by atoms with Crippen LogP contribution in [0.1, 0.15) is 58.9 Å². The van der Waals surface area contributed by atoms with Crippen molar-refractivity contribution < 1.29 is 23.9 Å². The molecule has 154 valence electrons. The third-order valence-electron chi connectivity index (χ3n) is 5.21. The van der Waals surface area contributed by atoms with Gasteiger partial charge in [-0.3, -0.25) is 9.59 Å². The SMILES string of the molecule is CCOC(=O)C1=C(C)NC2=C(C(=O)CC(C)(C)C2)[C@H]1c1ccc(OC(C)=O)cc1. The summed E-state index contributed by atoms with van der Waals surface area (Å²) in [4.78, 5) is 37.1. The zero-order valence-corrected chi connectivity index (χ0v) is 17.5. The van der Waals surface area contributed by atoms with E-state index in [9.17, 15) is 14.4 Å². The van der Waals surface area contributed by atoms with Crippen LogP contribution in [0.25, 0.3) is 0 Å². The van der Waals surface area contributed by atoms with Crippen LogP contribution in [0.3, 0.4) is 0 Å². The highest BCUT2D eigenvalue weighted by Crippen LogP contribution is 2.46. The number of esters is 2. The molecule has 0 bridgehead atoms. The van der Waals surface area contributed by atoms with Crippen molar-refractivity contribution in [2.45, 2.75) is 53.4 Å². The lowest BCUT2D eigenvalue weighted by molar-refractivity contribution is -0.139. The Bertz CT molecular complexity index is 921. The van der Waals surface area contributed by atoms with E-state index in [1.807, 2.05) is 6.92 Å². The smallest absolute Gasteiger partial charge is 0.336 e. The van der Waals surface area contributed by atoms with Crippen molar-refractivity contribution in [3.05, 3.63) is 52.4 Å². The zero-order chi connectivity index (χ0) is 21.3. The Morgan fingerprint density at radius 2 is 1.83 bits per heavy atom. The Morgan fingerprint density at radius 3 is 2.41 bits per heavy atom. The molecule has 1 aliphatic heterocycles. The molecule has 0 spiro atoms. The summed E-state index contributed by atoms with van der Waals surface area (Å²) in [7, 11) is 0. The van der Waals surface area contributed by atoms with Gasteiger partial charge in [-0.05, 0) is 43.4 Å². The maximum absolute atomic E-state index is 13.1. The Hall–Kier alpha value is -2.89. The van der Waals surface area contributed by atoms with Crippen molar-refractivity contribution in [3.63, 3.8) is 0 Å². The van der Waals surface area contributed by atoms with Crippen LogP contribution in [0.15, 0.2) is 46.8 Å². The molecule has 0 radical (unpaired) electrons. The summed E-state index contributed by atoms with van der Waals surface area (Å²) in [6.07, 6.45) is 1.15. The monoisotopic (exact) mass is 397 g/mol. The molecule has 6 nitrogen and oxygen atoms in total. The van der Waals surface area contributed by atoms with E-state index in [-0.39, 0.29) is 17.8 Å². The van der Waals surface area contributed by atoms with Gasteiger partial charge in [-0.25, -0.2) is 4.79 Å². The molecule has 2 aliphatic rings. The van der Waals surface area contributed by atoms with Crippen LogP contribution in [0.2, 0.25) is 0 Å². The zero-order valence-electron chi connectivity index (χ0n) is 17.5. The molecule has 0 saturated heterocycles. The van der Waals surface area contributed by atoms with Crippen LogP contribution in [-0.2, 0) is 19.1 Å². The van der Waals surface area contributed by atoms with Crippen molar-refractivity contribution in [3.8, 4) is 5.75 Å². The predicted molar refractivity (Wildman–Crippen MR) is 108 cm³/mol. The molecule has 0 saturated carbocycles. The standard InChI is InChI=1S/C23H27NO5/c1-6-28-22(27)19-13(2)24-17-11-23(4,5)12-18(26)21(17)20(19)15-7-9-16(10-8-15)29-14(3)25/h7-10,20,24H,6,11-12H2,1-5H3/t20-/m0/s1. The number of benzene rings is 1. The summed E-state index contributed by atoms with van der Waals surface area (Å²) < 4.78 is 10.4. The molecule has 0 fully saturated rings. The van der Waals surface area contributed by atoms with Crippen LogP contribution in [-0.4, -0.2) is 24.3 Å². The van der Waals surface area contributed by atoms with Gasteiger partial charge < -0.3 is 14.8 Å². The lowest BCUT2D eigenvalue weighted by atomic mass is 9.68. The largest absolute Gasteiger partial charge is 0.463 e. The number of ketones is 1. The van der Waals surface area contributed by atoms with E-state index in [0.29, 0.717) is 29.0 Å². The van der Waals surface area contributed by atoms with Gasteiger partial charge in [-0.2, -0.15) is 0 Å². The highest BCUT2D eigenvalue weighted by atomic mass is 16.5. The van der Waals surface area contributed by atoms with Gasteiger partial charge >= 0.3 is 11.9 Å². The molecule has 29 heavy (non-hydrogen) atoms. The molecule has 1 N–H and O–H groups in total. The maximum Gasteiger partial charge on any atom is 0.336 e. The van der Waals surface area contributed by atoms with Crippen molar-refractivity contribution in [2.75, 3.05) is 6.61 Å². The number of allylic oxidation sites excluding steroid dienone is 3. The van der Waals surface area contributed by atoms with Crippen LogP contribution >= 0.6 is 0 Å². The lowest BCUT2D eigenvalue weighted by Crippen LogP contribution is -2.38. The number of carbonyl (C=O) groups excluding carboxylic acids is 3. The number of hydrogen-bond donors (Lipinski definition) is 1. The highest BCUT2D eigenvalue weighted by Gasteiger charge is 2.43. The number of dihydropyridines is 1. The van der Waals surface area contributed by atoms with E-state index >= 15 is 0 Å². The predicted octanol–water partition coefficient (Wildman–Crippen LogP) is 3.78. The average molecular weight is 397 g/mol. The summed E-state index contributed by atoms with van der Waals surface area (Å²) >= 11 is 0. The molecule has 1 aromatic carbocycles. The summed E-state index contributed by atoms with van der Waals surface area (Å²) in [6, 6.07) is 6.93. The van der Waals surface area contributed by atoms with E-state index in [0.717, 1.165) is 17.7 Å². The van der Waals surface area contributed by atoms with Gasteiger partial charge in [0.1, 0.15) is 5.75 Å². The Labute approximate surface area is 171 Å². The normalized spacial score (nSPS) is 20.7. The quantitative estimate of drug-likeness (QED) is 0.615. The number of rotatable bonds is 4. The number of hydrogen-bond acceptors (Lipinski definition) is 6. The molecular weight excluding hydrogens is 370 g/mol. The summed E-state index contributed by atoms with van der Waals surface area (Å²) in [5, 5.41) is 3.30. The first kappa shape index (κ1) is 20.8. The first-order valence-corrected chi connectivity index (χ1v) is 9.82. The molecule has 1 atom stereocenters. The molecular formula is C23H27NO5. The van der Waals surface area contributed by atoms with Gasteiger partial charge in [0.25, 0.3) is 0 Å².